The number of carbonyl (C=O) groups excluding carboxylic acids is 3. The highest BCUT2D eigenvalue weighted by molar-refractivity contribution is 8.13. The Balaban J connectivity index is 1.85. The summed E-state index contributed by atoms with van der Waals surface area (Å²) in [5.41, 5.74) is 4.83. The van der Waals surface area contributed by atoms with Crippen molar-refractivity contribution in [2.75, 3.05) is 18.6 Å². The first-order valence-electron chi connectivity index (χ1n) is 11.4. The van der Waals surface area contributed by atoms with Gasteiger partial charge >= 0.3 is 5.97 Å². The van der Waals surface area contributed by atoms with Crippen LogP contribution in [0.15, 0.2) is 52.9 Å². The van der Waals surface area contributed by atoms with Crippen LogP contribution in [0.3, 0.4) is 0 Å². The first kappa shape index (κ1) is 27.5. The standard InChI is InChI=1S/C27H28FNO5S2/c1-5-34-27(32)25(29-17(3)30)15-35-26(31)14-23-16(2)22(21-11-8-19(28)13-24(21)23)12-18-6-9-20(10-7-18)36(4)33/h6-13,25H,5,14-15H2,1-4H3,(H,29,30)/t25-,36?/m1/s1. The van der Waals surface area contributed by atoms with E-state index in [0.29, 0.717) is 11.1 Å². The predicted molar refractivity (Wildman–Crippen MR) is 142 cm³/mol. The molecule has 1 unspecified atom stereocenters. The van der Waals surface area contributed by atoms with Crippen molar-refractivity contribution in [3.63, 3.8) is 0 Å². The number of carbonyl (C=O) groups is 3. The summed E-state index contributed by atoms with van der Waals surface area (Å²) >= 11 is 0.927. The highest BCUT2D eigenvalue weighted by Crippen LogP contribution is 2.44. The Labute approximate surface area is 216 Å². The van der Waals surface area contributed by atoms with E-state index in [2.05, 4.69) is 5.32 Å². The Morgan fingerprint density at radius 2 is 1.83 bits per heavy atom. The van der Waals surface area contributed by atoms with E-state index in [9.17, 15) is 23.0 Å². The number of fused-ring (bicyclic) bond motifs is 1. The molecule has 0 radical (unpaired) electrons. The lowest BCUT2D eigenvalue weighted by atomic mass is 10.0. The molecule has 0 saturated carbocycles. The first-order valence-corrected chi connectivity index (χ1v) is 13.9. The summed E-state index contributed by atoms with van der Waals surface area (Å²) in [6.45, 7) is 5.01. The van der Waals surface area contributed by atoms with Crippen molar-refractivity contribution < 1.29 is 27.7 Å². The second-order valence-corrected chi connectivity index (χ2v) is 10.7. The molecular weight excluding hydrogens is 501 g/mol. The zero-order chi connectivity index (χ0) is 26.4. The van der Waals surface area contributed by atoms with Gasteiger partial charge in [0, 0.05) is 41.0 Å². The molecule has 2 aromatic carbocycles. The molecule has 0 fully saturated rings. The monoisotopic (exact) mass is 529 g/mol. The number of benzene rings is 2. The van der Waals surface area contributed by atoms with Crippen molar-refractivity contribution in [2.24, 2.45) is 0 Å². The SMILES string of the molecule is CCOC(=O)[C@@H](CSC(=O)CC1=C(C)C(=Cc2ccc(S(C)=O)cc2)c2ccc(F)cc21)NC(C)=O. The fraction of sp³-hybridized carbons (Fsp3) is 0.296. The molecule has 1 amide bonds. The van der Waals surface area contributed by atoms with E-state index >= 15 is 0 Å². The van der Waals surface area contributed by atoms with Gasteiger partial charge in [0.05, 0.1) is 6.61 Å². The number of esters is 1. The summed E-state index contributed by atoms with van der Waals surface area (Å²) in [4.78, 5) is 37.2. The fourth-order valence-corrected chi connectivity index (χ4v) is 5.27. The maximum Gasteiger partial charge on any atom is 0.329 e. The molecule has 0 spiro atoms. The smallest absolute Gasteiger partial charge is 0.329 e. The summed E-state index contributed by atoms with van der Waals surface area (Å²) in [7, 11) is -1.08. The second kappa shape index (κ2) is 12.3. The average Bonchev–Trinajstić information content (AvgIpc) is 3.07. The largest absolute Gasteiger partial charge is 0.464 e. The number of nitrogens with one attached hydrogen (secondary N) is 1. The van der Waals surface area contributed by atoms with Gasteiger partial charge in [-0.1, -0.05) is 30.0 Å². The molecule has 36 heavy (non-hydrogen) atoms. The van der Waals surface area contributed by atoms with Crippen molar-refractivity contribution in [1.29, 1.82) is 0 Å². The molecule has 0 heterocycles. The summed E-state index contributed by atoms with van der Waals surface area (Å²) < 4.78 is 30.8. The molecule has 1 N–H and O–H groups in total. The highest BCUT2D eigenvalue weighted by Gasteiger charge is 2.27. The molecule has 1 aliphatic carbocycles. The molecule has 190 valence electrons. The minimum absolute atomic E-state index is 0.0351. The predicted octanol–water partition coefficient (Wildman–Crippen LogP) is 4.61. The molecule has 2 atom stereocenters. The lowest BCUT2D eigenvalue weighted by Crippen LogP contribution is -2.42. The third kappa shape index (κ3) is 6.79. The number of thioether (sulfide) groups is 1. The van der Waals surface area contributed by atoms with Gasteiger partial charge in [-0.15, -0.1) is 0 Å². The van der Waals surface area contributed by atoms with Gasteiger partial charge in [-0.2, -0.15) is 0 Å². The first-order chi connectivity index (χ1) is 17.1. The van der Waals surface area contributed by atoms with Crippen LogP contribution in [0.4, 0.5) is 4.39 Å². The molecule has 0 aliphatic heterocycles. The van der Waals surface area contributed by atoms with Gasteiger partial charge in [0.25, 0.3) is 0 Å². The van der Waals surface area contributed by atoms with Crippen molar-refractivity contribution in [3.8, 4) is 0 Å². The van der Waals surface area contributed by atoms with Gasteiger partial charge in [-0.3, -0.25) is 13.8 Å². The van der Waals surface area contributed by atoms with Crippen molar-refractivity contribution in [1.82, 2.24) is 5.32 Å². The summed E-state index contributed by atoms with van der Waals surface area (Å²) in [6, 6.07) is 10.9. The van der Waals surface area contributed by atoms with Crippen molar-refractivity contribution in [3.05, 3.63) is 70.5 Å². The third-order valence-electron chi connectivity index (χ3n) is 5.66. The lowest BCUT2D eigenvalue weighted by Gasteiger charge is -2.15. The Morgan fingerprint density at radius 1 is 1.14 bits per heavy atom. The molecule has 0 bridgehead atoms. The zero-order valence-electron chi connectivity index (χ0n) is 20.6. The molecule has 0 saturated heterocycles. The van der Waals surface area contributed by atoms with E-state index in [0.717, 1.165) is 38.9 Å². The number of amides is 1. The number of hydrogen-bond donors (Lipinski definition) is 1. The van der Waals surface area contributed by atoms with Gasteiger partial charge in [0.15, 0.2) is 5.12 Å². The Kier molecular flexibility index (Phi) is 9.39. The number of ether oxygens (including phenoxy) is 1. The molecule has 6 nitrogen and oxygen atoms in total. The summed E-state index contributed by atoms with van der Waals surface area (Å²) in [6.07, 6.45) is 3.62. The molecular formula is C27H28FNO5S2. The summed E-state index contributed by atoms with van der Waals surface area (Å²) in [5.74, 6) is -1.36. The number of halogens is 1. The second-order valence-electron chi connectivity index (χ2n) is 8.24. The lowest BCUT2D eigenvalue weighted by molar-refractivity contribution is -0.146. The Bertz CT molecular complexity index is 1270. The third-order valence-corrected chi connectivity index (χ3v) is 7.56. The van der Waals surface area contributed by atoms with E-state index in [1.165, 1.54) is 19.1 Å². The minimum Gasteiger partial charge on any atom is -0.464 e. The zero-order valence-corrected chi connectivity index (χ0v) is 22.2. The molecule has 2 aromatic rings. The van der Waals surface area contributed by atoms with E-state index in [1.54, 1.807) is 31.4 Å². The van der Waals surface area contributed by atoms with Crippen LogP contribution in [-0.4, -0.2) is 45.9 Å². The topological polar surface area (TPSA) is 89.5 Å². The van der Waals surface area contributed by atoms with Crippen LogP contribution in [0.1, 0.15) is 43.9 Å². The molecule has 0 aromatic heterocycles. The van der Waals surface area contributed by atoms with E-state index in [1.807, 2.05) is 25.1 Å². The molecule has 9 heteroatoms. The van der Waals surface area contributed by atoms with E-state index < -0.39 is 34.5 Å². The van der Waals surface area contributed by atoms with Gasteiger partial charge in [-0.05, 0) is 77.6 Å². The quantitative estimate of drug-likeness (QED) is 0.478. The normalized spacial score (nSPS) is 15.4. The maximum atomic E-state index is 14.2. The van der Waals surface area contributed by atoms with Gasteiger partial charge in [0.2, 0.25) is 5.91 Å². The highest BCUT2D eigenvalue weighted by atomic mass is 32.2. The van der Waals surface area contributed by atoms with E-state index in [-0.39, 0.29) is 23.9 Å². The van der Waals surface area contributed by atoms with Crippen molar-refractivity contribution >= 4 is 56.8 Å². The number of allylic oxidation sites excluding steroid dienone is 3. The van der Waals surface area contributed by atoms with Gasteiger partial charge in [0.1, 0.15) is 11.9 Å². The minimum atomic E-state index is -1.08. The van der Waals surface area contributed by atoms with Crippen LogP contribution >= 0.6 is 11.8 Å². The number of rotatable bonds is 9. The molecule has 3 rings (SSSR count). The number of hydrogen-bond acceptors (Lipinski definition) is 6. The van der Waals surface area contributed by atoms with Crippen LogP contribution in [0.5, 0.6) is 0 Å². The van der Waals surface area contributed by atoms with Crippen LogP contribution < -0.4 is 5.32 Å². The van der Waals surface area contributed by atoms with Crippen molar-refractivity contribution in [2.45, 2.75) is 38.1 Å². The van der Waals surface area contributed by atoms with Crippen LogP contribution in [-0.2, 0) is 29.9 Å². The Hall–Kier alpha value is -3.04. The maximum absolute atomic E-state index is 14.2. The summed E-state index contributed by atoms with van der Waals surface area (Å²) in [5, 5.41) is 2.30. The fourth-order valence-electron chi connectivity index (χ4n) is 3.93. The average molecular weight is 530 g/mol. The van der Waals surface area contributed by atoms with E-state index in [4.69, 9.17) is 4.74 Å². The van der Waals surface area contributed by atoms with Crippen LogP contribution in [0.25, 0.3) is 17.2 Å². The van der Waals surface area contributed by atoms with Gasteiger partial charge in [-0.25, -0.2) is 9.18 Å². The van der Waals surface area contributed by atoms with Crippen LogP contribution in [0.2, 0.25) is 0 Å². The molecule has 1 aliphatic rings. The Morgan fingerprint density at radius 3 is 2.44 bits per heavy atom. The van der Waals surface area contributed by atoms with Gasteiger partial charge < -0.3 is 10.1 Å². The van der Waals surface area contributed by atoms with Crippen LogP contribution in [0, 0.1) is 5.82 Å².